The van der Waals surface area contributed by atoms with Gasteiger partial charge in [0.15, 0.2) is 5.75 Å². The molecule has 1 heterocycles. The SMILES string of the molecule is COc1ccc(OCC[18F])c(CN(C(C)=O)c2ccccc2Oc2nccc(OC)n2)c1. The molecule has 0 atom stereocenters. The number of aromatic nitrogens is 2. The predicted octanol–water partition coefficient (Wildman–Crippen LogP) is 4.19. The second-order valence-corrected chi connectivity index (χ2v) is 6.57. The first kappa shape index (κ1) is 22.8. The quantitative estimate of drug-likeness (QED) is 0.467. The summed E-state index contributed by atoms with van der Waals surface area (Å²) in [6.07, 6.45) is 1.51. The number of para-hydroxylation sites is 2. The second-order valence-electron chi connectivity index (χ2n) is 6.57. The van der Waals surface area contributed by atoms with Crippen LogP contribution in [0.25, 0.3) is 0 Å². The Morgan fingerprint density at radius 3 is 2.59 bits per heavy atom. The summed E-state index contributed by atoms with van der Waals surface area (Å²) in [5.41, 5.74) is 1.16. The molecule has 0 aliphatic heterocycles. The number of halogens is 1. The lowest BCUT2D eigenvalue weighted by Gasteiger charge is -2.25. The summed E-state index contributed by atoms with van der Waals surface area (Å²) in [6.45, 7) is 0.875. The first-order chi connectivity index (χ1) is 15.5. The summed E-state index contributed by atoms with van der Waals surface area (Å²) in [4.78, 5) is 22.4. The number of amides is 1. The fourth-order valence-electron chi connectivity index (χ4n) is 2.99. The van der Waals surface area contributed by atoms with E-state index in [2.05, 4.69) is 9.97 Å². The molecule has 0 unspecified atom stereocenters. The van der Waals surface area contributed by atoms with Crippen LogP contribution in [-0.4, -0.2) is 43.4 Å². The van der Waals surface area contributed by atoms with Gasteiger partial charge >= 0.3 is 6.01 Å². The van der Waals surface area contributed by atoms with Crippen LogP contribution >= 0.6 is 0 Å². The van der Waals surface area contributed by atoms with Crippen LogP contribution in [0.5, 0.6) is 29.1 Å². The average molecular weight is 440 g/mol. The first-order valence-electron chi connectivity index (χ1n) is 9.83. The monoisotopic (exact) mass is 440 g/mol. The Hall–Kier alpha value is -3.88. The van der Waals surface area contributed by atoms with E-state index in [0.29, 0.717) is 34.4 Å². The fraction of sp³-hybridized carbons (Fsp3) is 0.261. The molecule has 0 radical (unpaired) electrons. The molecule has 0 spiro atoms. The van der Waals surface area contributed by atoms with Gasteiger partial charge in [0.1, 0.15) is 24.8 Å². The minimum atomic E-state index is -0.626. The number of alkyl halides is 1. The largest absolute Gasteiger partial charge is 0.497 e. The zero-order valence-corrected chi connectivity index (χ0v) is 18.1. The summed E-state index contributed by atoms with van der Waals surface area (Å²) in [6, 6.07) is 13.9. The molecule has 0 fully saturated rings. The van der Waals surface area contributed by atoms with Crippen LogP contribution in [-0.2, 0) is 11.3 Å². The van der Waals surface area contributed by atoms with Crippen LogP contribution in [0.15, 0.2) is 54.7 Å². The highest BCUT2D eigenvalue weighted by molar-refractivity contribution is 5.93. The van der Waals surface area contributed by atoms with Crippen molar-refractivity contribution in [1.29, 1.82) is 0 Å². The Balaban J connectivity index is 1.96. The zero-order valence-electron chi connectivity index (χ0n) is 18.1. The third-order valence-corrected chi connectivity index (χ3v) is 4.49. The molecule has 2 aromatic carbocycles. The van der Waals surface area contributed by atoms with Gasteiger partial charge in [-0.15, -0.1) is 0 Å². The number of hydrogen-bond acceptors (Lipinski definition) is 7. The van der Waals surface area contributed by atoms with E-state index in [0.717, 1.165) is 0 Å². The highest BCUT2D eigenvalue weighted by Gasteiger charge is 2.20. The molecule has 0 bridgehead atoms. The minimum Gasteiger partial charge on any atom is -0.497 e. The molecule has 32 heavy (non-hydrogen) atoms. The van der Waals surface area contributed by atoms with Crippen LogP contribution in [0.1, 0.15) is 12.5 Å². The Morgan fingerprint density at radius 2 is 1.88 bits per heavy atom. The number of carbonyl (C=O) groups is 1. The van der Waals surface area contributed by atoms with E-state index in [-0.39, 0.29) is 25.1 Å². The van der Waals surface area contributed by atoms with Crippen molar-refractivity contribution in [3.05, 3.63) is 60.3 Å². The average Bonchev–Trinajstić information content (AvgIpc) is 2.82. The summed E-state index contributed by atoms with van der Waals surface area (Å²) < 4.78 is 34.5. The number of hydrogen-bond donors (Lipinski definition) is 0. The number of carbonyl (C=O) groups excluding carboxylic acids is 1. The van der Waals surface area contributed by atoms with E-state index in [1.165, 1.54) is 25.1 Å². The van der Waals surface area contributed by atoms with E-state index in [9.17, 15) is 9.18 Å². The minimum absolute atomic E-state index is 0.0775. The van der Waals surface area contributed by atoms with Gasteiger partial charge in [0.05, 0.1) is 26.5 Å². The molecule has 0 aliphatic rings. The summed E-state index contributed by atoms with van der Waals surface area (Å²) in [5.74, 6) is 1.55. The Bertz CT molecular complexity index is 1060. The van der Waals surface area contributed by atoms with Crippen molar-refractivity contribution in [3.8, 4) is 29.1 Å². The molecule has 1 amide bonds. The standard InChI is InChI=1S/C23H24FN3O5/c1-16(28)27(15-17-14-18(29-2)8-9-20(17)31-13-11-24)19-6-4-5-7-21(19)32-23-25-12-10-22(26-23)30-3/h4-10,12,14H,11,13,15H2,1-3H3/i24-1. The topological polar surface area (TPSA) is 83.0 Å². The van der Waals surface area contributed by atoms with Crippen LogP contribution in [0.3, 0.4) is 0 Å². The Labute approximate surface area is 185 Å². The van der Waals surface area contributed by atoms with Gasteiger partial charge in [-0.1, -0.05) is 12.1 Å². The van der Waals surface area contributed by atoms with Crippen molar-refractivity contribution in [1.82, 2.24) is 9.97 Å². The van der Waals surface area contributed by atoms with Crippen molar-refractivity contribution in [3.63, 3.8) is 0 Å². The molecule has 8 nitrogen and oxygen atoms in total. The number of ether oxygens (including phenoxy) is 4. The summed E-state index contributed by atoms with van der Waals surface area (Å²) in [7, 11) is 3.04. The first-order valence-corrected chi connectivity index (χ1v) is 9.83. The molecule has 168 valence electrons. The molecular weight excluding hydrogens is 416 g/mol. The molecule has 1 aromatic heterocycles. The maximum absolute atomic E-state index is 12.7. The van der Waals surface area contributed by atoms with Crippen molar-refractivity contribution >= 4 is 11.6 Å². The van der Waals surface area contributed by atoms with Gasteiger partial charge in [0.2, 0.25) is 11.8 Å². The molecule has 9 heteroatoms. The van der Waals surface area contributed by atoms with Crippen molar-refractivity contribution in [2.75, 3.05) is 32.4 Å². The van der Waals surface area contributed by atoms with E-state index in [1.807, 2.05) is 0 Å². The number of nitrogens with zero attached hydrogens (tertiary/aromatic N) is 3. The van der Waals surface area contributed by atoms with Crippen LogP contribution in [0, 0.1) is 0 Å². The predicted molar refractivity (Wildman–Crippen MR) is 116 cm³/mol. The number of methoxy groups -OCH3 is 2. The number of benzene rings is 2. The van der Waals surface area contributed by atoms with E-state index < -0.39 is 6.67 Å². The maximum atomic E-state index is 12.7. The van der Waals surface area contributed by atoms with Gasteiger partial charge < -0.3 is 23.8 Å². The van der Waals surface area contributed by atoms with Gasteiger partial charge in [-0.2, -0.15) is 4.98 Å². The van der Waals surface area contributed by atoms with Gasteiger partial charge in [-0.25, -0.2) is 9.37 Å². The zero-order chi connectivity index (χ0) is 22.9. The normalized spacial score (nSPS) is 10.4. The van der Waals surface area contributed by atoms with Crippen molar-refractivity contribution in [2.45, 2.75) is 13.5 Å². The lowest BCUT2D eigenvalue weighted by Crippen LogP contribution is -2.28. The van der Waals surface area contributed by atoms with Gasteiger partial charge in [-0.05, 0) is 30.3 Å². The van der Waals surface area contributed by atoms with Crippen molar-refractivity contribution in [2.24, 2.45) is 0 Å². The van der Waals surface area contributed by atoms with E-state index in [1.54, 1.807) is 55.6 Å². The molecule has 0 saturated heterocycles. The summed E-state index contributed by atoms with van der Waals surface area (Å²) in [5, 5.41) is 0. The molecule has 0 N–H and O–H groups in total. The number of rotatable bonds is 10. The van der Waals surface area contributed by atoms with Crippen LogP contribution in [0.2, 0.25) is 0 Å². The highest BCUT2D eigenvalue weighted by Crippen LogP contribution is 2.34. The third kappa shape index (κ3) is 5.63. The smallest absolute Gasteiger partial charge is 0.325 e. The molecule has 3 aromatic rings. The Morgan fingerprint density at radius 1 is 1.06 bits per heavy atom. The van der Waals surface area contributed by atoms with E-state index in [4.69, 9.17) is 18.9 Å². The molecule has 3 rings (SSSR count). The molecule has 0 aliphatic carbocycles. The van der Waals surface area contributed by atoms with Gasteiger partial charge in [0, 0.05) is 24.8 Å². The van der Waals surface area contributed by atoms with E-state index >= 15 is 0 Å². The van der Waals surface area contributed by atoms with Crippen LogP contribution in [0.4, 0.5) is 10.1 Å². The maximum Gasteiger partial charge on any atom is 0.325 e. The van der Waals surface area contributed by atoms with Gasteiger partial charge in [-0.3, -0.25) is 4.79 Å². The Kier molecular flexibility index (Phi) is 7.80. The molecular formula is C23H24FN3O5. The second kappa shape index (κ2) is 10.9. The highest BCUT2D eigenvalue weighted by atomic mass is 18.2. The third-order valence-electron chi connectivity index (χ3n) is 4.49. The van der Waals surface area contributed by atoms with Crippen molar-refractivity contribution < 1.29 is 28.1 Å². The lowest BCUT2D eigenvalue weighted by atomic mass is 10.1. The van der Waals surface area contributed by atoms with Gasteiger partial charge in [0.25, 0.3) is 0 Å². The summed E-state index contributed by atoms with van der Waals surface area (Å²) >= 11 is 0. The number of anilines is 1. The fourth-order valence-corrected chi connectivity index (χ4v) is 2.99. The van der Waals surface area contributed by atoms with Crippen LogP contribution < -0.4 is 23.8 Å². The lowest BCUT2D eigenvalue weighted by molar-refractivity contribution is -0.116. The molecule has 0 saturated carbocycles.